The number of halogens is 1. The minimum atomic E-state index is -4.01. The summed E-state index contributed by atoms with van der Waals surface area (Å²) in [6, 6.07) is 19.2. The zero-order valence-corrected chi connectivity index (χ0v) is 23.5. The molecule has 4 aromatic rings. The number of sulfonamides is 1. The largest absolute Gasteiger partial charge is 0.364 e. The minimum Gasteiger partial charge on any atom is -0.364 e. The molecule has 2 aromatic heterocycles. The Morgan fingerprint density at radius 1 is 1.05 bits per heavy atom. The maximum Gasteiger partial charge on any atom is 0.244 e. The van der Waals surface area contributed by atoms with Gasteiger partial charge in [0.05, 0.1) is 16.6 Å². The summed E-state index contributed by atoms with van der Waals surface area (Å²) in [5, 5.41) is 6.32. The van der Waals surface area contributed by atoms with Crippen LogP contribution in [-0.2, 0) is 21.4 Å². The fourth-order valence-corrected chi connectivity index (χ4v) is 6.10. The van der Waals surface area contributed by atoms with E-state index in [4.69, 9.17) is 4.98 Å². The molecule has 10 heteroatoms. The number of hydrogen-bond acceptors (Lipinski definition) is 6. The number of nitrogens with one attached hydrogen (secondary N) is 2. The molecular formula is C31H30FN5O3S. The lowest BCUT2D eigenvalue weighted by atomic mass is 10.1. The van der Waals surface area contributed by atoms with E-state index in [9.17, 15) is 17.6 Å². The molecule has 2 N–H and O–H groups in total. The summed E-state index contributed by atoms with van der Waals surface area (Å²) in [7, 11) is -4.01. The summed E-state index contributed by atoms with van der Waals surface area (Å²) < 4.78 is 40.8. The molecule has 0 fully saturated rings. The van der Waals surface area contributed by atoms with Gasteiger partial charge in [-0.15, -0.1) is 0 Å². The predicted octanol–water partition coefficient (Wildman–Crippen LogP) is 5.01. The Morgan fingerprint density at radius 2 is 1.76 bits per heavy atom. The van der Waals surface area contributed by atoms with Crippen molar-refractivity contribution in [3.05, 3.63) is 120 Å². The summed E-state index contributed by atoms with van der Waals surface area (Å²) in [6.07, 6.45) is 6.67. The predicted molar refractivity (Wildman–Crippen MR) is 156 cm³/mol. The molecule has 41 heavy (non-hydrogen) atoms. The number of carbonyl (C=O) groups is 1. The van der Waals surface area contributed by atoms with Crippen molar-refractivity contribution in [1.29, 1.82) is 0 Å². The van der Waals surface area contributed by atoms with Crippen molar-refractivity contribution >= 4 is 21.7 Å². The number of carbonyl (C=O) groups excluding carboxylic acids is 1. The smallest absolute Gasteiger partial charge is 0.244 e. The Balaban J connectivity index is 1.36. The first kappa shape index (κ1) is 28.1. The molecule has 3 heterocycles. The van der Waals surface area contributed by atoms with E-state index in [1.807, 2.05) is 62.4 Å². The maximum atomic E-state index is 13.4. The molecule has 1 amide bonds. The Morgan fingerprint density at radius 3 is 2.46 bits per heavy atom. The average molecular weight is 572 g/mol. The molecule has 210 valence electrons. The van der Waals surface area contributed by atoms with E-state index in [2.05, 4.69) is 15.6 Å². The monoisotopic (exact) mass is 571 g/mol. The molecule has 0 saturated carbocycles. The van der Waals surface area contributed by atoms with Crippen LogP contribution in [0.4, 0.5) is 10.2 Å². The number of hydrogen-bond donors (Lipinski definition) is 2. The molecule has 0 saturated heterocycles. The molecule has 8 nitrogen and oxygen atoms in total. The van der Waals surface area contributed by atoms with Crippen LogP contribution in [0.15, 0.2) is 102 Å². The van der Waals surface area contributed by atoms with Gasteiger partial charge in [0.25, 0.3) is 0 Å². The lowest BCUT2D eigenvalue weighted by Gasteiger charge is -2.23. The van der Waals surface area contributed by atoms with Gasteiger partial charge in [0.2, 0.25) is 15.9 Å². The second-order valence-electron chi connectivity index (χ2n) is 9.88. The van der Waals surface area contributed by atoms with Gasteiger partial charge in [-0.3, -0.25) is 9.78 Å². The number of amides is 1. The summed E-state index contributed by atoms with van der Waals surface area (Å²) in [5.74, 6) is -0.361. The summed E-state index contributed by atoms with van der Waals surface area (Å²) >= 11 is 0. The Bertz CT molecular complexity index is 1660. The number of benzene rings is 2. The van der Waals surface area contributed by atoms with Gasteiger partial charge >= 0.3 is 0 Å². The molecule has 2 atom stereocenters. The zero-order valence-electron chi connectivity index (χ0n) is 22.7. The number of aryl methyl sites for hydroxylation is 1. The number of nitrogens with zero attached hydrogens (tertiary/aromatic N) is 3. The SMILES string of the molecule is Cc1ccc(-c2cc(CNC(=O)[C@@H]3C=CCN3S(=O)(=O)c3ccc(F)cc3)cc(NC(C)c3ccncc3)n2)cc1. The van der Waals surface area contributed by atoms with Gasteiger partial charge in [-0.25, -0.2) is 17.8 Å². The van der Waals surface area contributed by atoms with E-state index >= 15 is 0 Å². The lowest BCUT2D eigenvalue weighted by molar-refractivity contribution is -0.123. The summed E-state index contributed by atoms with van der Waals surface area (Å²) in [4.78, 5) is 22.1. The number of anilines is 1. The van der Waals surface area contributed by atoms with Gasteiger partial charge in [-0.05, 0) is 73.5 Å². The first-order valence-corrected chi connectivity index (χ1v) is 14.6. The van der Waals surface area contributed by atoms with E-state index in [0.29, 0.717) is 5.82 Å². The number of aromatic nitrogens is 2. The van der Waals surface area contributed by atoms with Crippen molar-refractivity contribution in [1.82, 2.24) is 19.6 Å². The van der Waals surface area contributed by atoms with Crippen molar-refractivity contribution in [2.24, 2.45) is 0 Å². The van der Waals surface area contributed by atoms with Crippen LogP contribution in [0, 0.1) is 12.7 Å². The Labute approximate surface area is 239 Å². The van der Waals surface area contributed by atoms with Crippen LogP contribution in [0.2, 0.25) is 0 Å². The summed E-state index contributed by atoms with van der Waals surface area (Å²) in [6.45, 7) is 4.25. The Kier molecular flexibility index (Phi) is 8.23. The van der Waals surface area contributed by atoms with Crippen LogP contribution in [0.5, 0.6) is 0 Å². The molecule has 0 aliphatic carbocycles. The minimum absolute atomic E-state index is 0.0462. The normalized spacial score (nSPS) is 15.9. The van der Waals surface area contributed by atoms with E-state index in [1.54, 1.807) is 24.5 Å². The molecular weight excluding hydrogens is 541 g/mol. The van der Waals surface area contributed by atoms with Gasteiger partial charge in [0, 0.05) is 31.0 Å². The number of rotatable bonds is 9. The van der Waals surface area contributed by atoms with E-state index in [-0.39, 0.29) is 24.0 Å². The fraction of sp³-hybridized carbons (Fsp3) is 0.194. The summed E-state index contributed by atoms with van der Waals surface area (Å²) in [5.41, 5.74) is 4.64. The second-order valence-corrected chi connectivity index (χ2v) is 11.8. The third-order valence-electron chi connectivity index (χ3n) is 6.87. The number of pyridine rings is 2. The third kappa shape index (κ3) is 6.50. The van der Waals surface area contributed by atoms with E-state index < -0.39 is 27.8 Å². The van der Waals surface area contributed by atoms with Crippen molar-refractivity contribution in [2.45, 2.75) is 37.4 Å². The fourth-order valence-electron chi connectivity index (χ4n) is 4.60. The molecule has 5 rings (SSSR count). The molecule has 1 aliphatic heterocycles. The lowest BCUT2D eigenvalue weighted by Crippen LogP contribution is -2.45. The topological polar surface area (TPSA) is 104 Å². The van der Waals surface area contributed by atoms with Crippen LogP contribution in [0.1, 0.15) is 29.7 Å². The molecule has 1 aliphatic rings. The van der Waals surface area contributed by atoms with Crippen LogP contribution >= 0.6 is 0 Å². The first-order valence-electron chi connectivity index (χ1n) is 13.2. The quantitative estimate of drug-likeness (QED) is 0.274. The highest BCUT2D eigenvalue weighted by Crippen LogP contribution is 2.26. The molecule has 0 bridgehead atoms. The third-order valence-corrected chi connectivity index (χ3v) is 8.73. The maximum absolute atomic E-state index is 13.4. The van der Waals surface area contributed by atoms with Crippen molar-refractivity contribution < 1.29 is 17.6 Å². The van der Waals surface area contributed by atoms with Gasteiger partial charge in [0.15, 0.2) is 0 Å². The second kappa shape index (κ2) is 12.0. The van der Waals surface area contributed by atoms with Crippen molar-refractivity contribution in [3.63, 3.8) is 0 Å². The zero-order chi connectivity index (χ0) is 29.0. The van der Waals surface area contributed by atoms with Crippen molar-refractivity contribution in [2.75, 3.05) is 11.9 Å². The molecule has 2 aromatic carbocycles. The van der Waals surface area contributed by atoms with Gasteiger partial charge < -0.3 is 10.6 Å². The van der Waals surface area contributed by atoms with E-state index in [0.717, 1.165) is 44.4 Å². The van der Waals surface area contributed by atoms with Crippen LogP contribution in [0.3, 0.4) is 0 Å². The van der Waals surface area contributed by atoms with Crippen LogP contribution in [-0.4, -0.2) is 41.2 Å². The Hall–Kier alpha value is -4.41. The van der Waals surface area contributed by atoms with Crippen LogP contribution in [0.25, 0.3) is 11.3 Å². The van der Waals surface area contributed by atoms with Gasteiger partial charge in [-0.1, -0.05) is 42.0 Å². The highest BCUT2D eigenvalue weighted by atomic mass is 32.2. The molecule has 0 spiro atoms. The average Bonchev–Trinajstić information content (AvgIpc) is 3.48. The van der Waals surface area contributed by atoms with Gasteiger partial charge in [-0.2, -0.15) is 4.31 Å². The standard InChI is InChI=1S/C31H30FN5O3S/c1-21-5-7-25(8-6-21)28-18-23(19-30(36-28)35-22(2)24-13-15-33-16-14-24)20-34-31(38)29-4-3-17-37(29)41(39,40)27-11-9-26(32)10-12-27/h3-16,18-19,22,29H,17,20H2,1-2H3,(H,34,38)(H,35,36)/t22?,29-/m0/s1. The van der Waals surface area contributed by atoms with Crippen LogP contribution < -0.4 is 10.6 Å². The van der Waals surface area contributed by atoms with E-state index in [1.165, 1.54) is 12.1 Å². The molecule has 1 unspecified atom stereocenters. The molecule has 0 radical (unpaired) electrons. The van der Waals surface area contributed by atoms with Gasteiger partial charge in [0.1, 0.15) is 17.7 Å². The highest BCUT2D eigenvalue weighted by molar-refractivity contribution is 7.89. The van der Waals surface area contributed by atoms with Crippen molar-refractivity contribution in [3.8, 4) is 11.3 Å². The highest BCUT2D eigenvalue weighted by Gasteiger charge is 2.36. The first-order chi connectivity index (χ1) is 19.7.